The van der Waals surface area contributed by atoms with E-state index < -0.39 is 0 Å². The molecule has 2 aromatic rings. The summed E-state index contributed by atoms with van der Waals surface area (Å²) in [5.74, 6) is 1.26. The SMILES string of the molecule is CC.CCC.CCCCCCCCOc1ccc(NC(=O)CCc2cc(C(C)(C)C)c(O)c(C(C)(C)C)c2)cc1C(C)(C)C. The Hall–Kier alpha value is -2.49. The molecule has 4 nitrogen and oxygen atoms in total. The average molecular weight is 612 g/mol. The van der Waals surface area contributed by atoms with Crippen molar-refractivity contribution in [3.8, 4) is 11.5 Å². The van der Waals surface area contributed by atoms with Gasteiger partial charge in [-0.05, 0) is 64.0 Å². The predicted molar refractivity (Wildman–Crippen MR) is 194 cm³/mol. The standard InChI is InChI=1S/C35H55NO3.C3H8.C2H6/c1-11-12-13-14-15-16-21-39-30-19-18-26(24-27(30)33(2,3)4)36-31(37)20-17-25-22-28(34(5,6)7)32(38)29(23-25)35(8,9)10;1-3-2;1-2/h18-19,22-24,38H,11-17,20-21H2,1-10H3,(H,36,37);3H2,1-2H3;1-2H3. The van der Waals surface area contributed by atoms with Gasteiger partial charge in [0.05, 0.1) is 6.61 Å². The average Bonchev–Trinajstić information content (AvgIpc) is 2.92. The Morgan fingerprint density at radius 3 is 1.68 bits per heavy atom. The van der Waals surface area contributed by atoms with E-state index in [4.69, 9.17) is 4.74 Å². The van der Waals surface area contributed by atoms with Crippen LogP contribution in [0.4, 0.5) is 5.69 Å². The van der Waals surface area contributed by atoms with Gasteiger partial charge in [-0.15, -0.1) is 0 Å². The minimum Gasteiger partial charge on any atom is -0.507 e. The molecule has 0 heterocycles. The molecular formula is C40H69NO3. The Labute approximate surface area is 272 Å². The molecule has 2 aromatic carbocycles. The largest absolute Gasteiger partial charge is 0.507 e. The molecule has 0 saturated heterocycles. The van der Waals surface area contributed by atoms with Gasteiger partial charge >= 0.3 is 0 Å². The molecule has 4 heteroatoms. The van der Waals surface area contributed by atoms with E-state index in [0.29, 0.717) is 18.6 Å². The van der Waals surface area contributed by atoms with Gasteiger partial charge in [0, 0.05) is 17.7 Å². The number of anilines is 1. The summed E-state index contributed by atoms with van der Waals surface area (Å²) in [4.78, 5) is 13.0. The molecule has 2 N–H and O–H groups in total. The van der Waals surface area contributed by atoms with Gasteiger partial charge in [0.25, 0.3) is 0 Å². The highest BCUT2D eigenvalue weighted by molar-refractivity contribution is 5.91. The number of phenolic OH excluding ortho intramolecular Hbond substituents is 1. The molecule has 44 heavy (non-hydrogen) atoms. The van der Waals surface area contributed by atoms with E-state index in [2.05, 4.69) is 107 Å². The van der Waals surface area contributed by atoms with Gasteiger partial charge in [0.15, 0.2) is 0 Å². The number of carbonyl (C=O) groups excluding carboxylic acids is 1. The first-order valence-corrected chi connectivity index (χ1v) is 17.4. The number of phenols is 1. The van der Waals surface area contributed by atoms with Crippen molar-refractivity contribution >= 4 is 11.6 Å². The molecule has 0 aliphatic heterocycles. The Morgan fingerprint density at radius 2 is 1.20 bits per heavy atom. The molecule has 252 valence electrons. The Bertz CT molecular complexity index is 1060. The van der Waals surface area contributed by atoms with Crippen LogP contribution in [0.25, 0.3) is 0 Å². The number of ether oxygens (including phenoxy) is 1. The van der Waals surface area contributed by atoms with Crippen molar-refractivity contribution in [2.45, 2.75) is 171 Å². The molecule has 0 fully saturated rings. The second kappa shape index (κ2) is 19.8. The number of unbranched alkanes of at least 4 members (excludes halogenated alkanes) is 5. The lowest BCUT2D eigenvalue weighted by atomic mass is 9.78. The third-order valence-electron chi connectivity index (χ3n) is 7.25. The lowest BCUT2D eigenvalue weighted by Crippen LogP contribution is -2.19. The highest BCUT2D eigenvalue weighted by Gasteiger charge is 2.26. The summed E-state index contributed by atoms with van der Waals surface area (Å²) in [6, 6.07) is 10.1. The van der Waals surface area contributed by atoms with Crippen LogP contribution < -0.4 is 10.1 Å². The number of aryl methyl sites for hydroxylation is 1. The zero-order valence-corrected chi connectivity index (χ0v) is 31.2. The van der Waals surface area contributed by atoms with E-state index in [0.717, 1.165) is 46.7 Å². The number of hydrogen-bond donors (Lipinski definition) is 2. The Balaban J connectivity index is 0.00000347. The maximum absolute atomic E-state index is 13.0. The summed E-state index contributed by atoms with van der Waals surface area (Å²) in [5.41, 5.74) is 4.35. The molecule has 0 aliphatic rings. The number of amides is 1. The molecule has 0 saturated carbocycles. The highest BCUT2D eigenvalue weighted by Crippen LogP contribution is 2.40. The first kappa shape index (κ1) is 41.5. The van der Waals surface area contributed by atoms with E-state index in [1.807, 2.05) is 26.0 Å². The molecule has 0 bridgehead atoms. The number of nitrogens with one attached hydrogen (secondary N) is 1. The third kappa shape index (κ3) is 15.0. The topological polar surface area (TPSA) is 58.6 Å². The molecule has 2 rings (SSSR count). The molecule has 0 unspecified atom stereocenters. The summed E-state index contributed by atoms with van der Waals surface area (Å²) < 4.78 is 6.19. The van der Waals surface area contributed by atoms with Crippen molar-refractivity contribution in [3.05, 3.63) is 52.6 Å². The predicted octanol–water partition coefficient (Wildman–Crippen LogP) is 12.0. The van der Waals surface area contributed by atoms with Crippen LogP contribution in [0.15, 0.2) is 30.3 Å². The first-order valence-electron chi connectivity index (χ1n) is 17.4. The quantitative estimate of drug-likeness (QED) is 0.235. The van der Waals surface area contributed by atoms with Crippen molar-refractivity contribution in [1.82, 2.24) is 0 Å². The van der Waals surface area contributed by atoms with E-state index in [-0.39, 0.29) is 22.2 Å². The monoisotopic (exact) mass is 612 g/mol. The van der Waals surface area contributed by atoms with Gasteiger partial charge in [-0.3, -0.25) is 4.79 Å². The van der Waals surface area contributed by atoms with Gasteiger partial charge < -0.3 is 15.2 Å². The number of rotatable bonds is 12. The first-order chi connectivity index (χ1) is 20.4. The number of hydrogen-bond acceptors (Lipinski definition) is 3. The van der Waals surface area contributed by atoms with Crippen LogP contribution in [-0.2, 0) is 27.5 Å². The zero-order chi connectivity index (χ0) is 34.1. The fourth-order valence-corrected chi connectivity index (χ4v) is 4.85. The summed E-state index contributed by atoms with van der Waals surface area (Å²) in [7, 11) is 0. The van der Waals surface area contributed by atoms with E-state index in [9.17, 15) is 9.90 Å². The molecule has 0 spiro atoms. The normalized spacial score (nSPS) is 11.6. The van der Waals surface area contributed by atoms with Gasteiger partial charge in [0.1, 0.15) is 11.5 Å². The molecule has 0 radical (unpaired) electrons. The van der Waals surface area contributed by atoms with E-state index in [1.165, 1.54) is 38.5 Å². The second-order valence-electron chi connectivity index (χ2n) is 14.9. The molecule has 0 aromatic heterocycles. The van der Waals surface area contributed by atoms with Gasteiger partial charge in [0.2, 0.25) is 5.91 Å². The van der Waals surface area contributed by atoms with Crippen molar-refractivity contribution < 1.29 is 14.6 Å². The summed E-state index contributed by atoms with van der Waals surface area (Å²) in [5, 5.41) is 14.1. The Kier molecular flexibility index (Phi) is 18.7. The van der Waals surface area contributed by atoms with Crippen LogP contribution in [0.5, 0.6) is 11.5 Å². The van der Waals surface area contributed by atoms with Crippen molar-refractivity contribution in [2.24, 2.45) is 0 Å². The van der Waals surface area contributed by atoms with Crippen molar-refractivity contribution in [1.29, 1.82) is 0 Å². The summed E-state index contributed by atoms with van der Waals surface area (Å²) >= 11 is 0. The minimum absolute atomic E-state index is 0.0155. The summed E-state index contributed by atoms with van der Waals surface area (Å²) in [6.07, 6.45) is 9.66. The van der Waals surface area contributed by atoms with Gasteiger partial charge in [-0.2, -0.15) is 0 Å². The van der Waals surface area contributed by atoms with Gasteiger partial charge in [-0.25, -0.2) is 0 Å². The lowest BCUT2D eigenvalue weighted by molar-refractivity contribution is -0.116. The van der Waals surface area contributed by atoms with Crippen LogP contribution in [0.2, 0.25) is 0 Å². The van der Waals surface area contributed by atoms with Crippen LogP contribution in [0, 0.1) is 0 Å². The maximum Gasteiger partial charge on any atom is 0.224 e. The summed E-state index contributed by atoms with van der Waals surface area (Å²) in [6.45, 7) is 30.4. The Morgan fingerprint density at radius 1 is 0.727 bits per heavy atom. The third-order valence-corrected chi connectivity index (χ3v) is 7.25. The van der Waals surface area contributed by atoms with E-state index >= 15 is 0 Å². The molecular weight excluding hydrogens is 542 g/mol. The minimum atomic E-state index is -0.190. The number of benzene rings is 2. The van der Waals surface area contributed by atoms with Crippen molar-refractivity contribution in [3.63, 3.8) is 0 Å². The lowest BCUT2D eigenvalue weighted by Gasteiger charge is -2.28. The fraction of sp³-hybridized carbons (Fsp3) is 0.675. The van der Waals surface area contributed by atoms with Crippen LogP contribution in [-0.4, -0.2) is 17.6 Å². The highest BCUT2D eigenvalue weighted by atomic mass is 16.5. The molecule has 0 aliphatic carbocycles. The van der Waals surface area contributed by atoms with Gasteiger partial charge in [-0.1, -0.05) is 148 Å². The van der Waals surface area contributed by atoms with Crippen LogP contribution in [0.1, 0.15) is 171 Å². The number of aromatic hydroxyl groups is 1. The van der Waals surface area contributed by atoms with Crippen LogP contribution >= 0.6 is 0 Å². The number of carbonyl (C=O) groups is 1. The van der Waals surface area contributed by atoms with E-state index in [1.54, 1.807) is 0 Å². The maximum atomic E-state index is 13.0. The van der Waals surface area contributed by atoms with Crippen molar-refractivity contribution in [2.75, 3.05) is 11.9 Å². The fourth-order valence-electron chi connectivity index (χ4n) is 4.85. The second-order valence-corrected chi connectivity index (χ2v) is 14.9. The smallest absolute Gasteiger partial charge is 0.224 e. The zero-order valence-electron chi connectivity index (χ0n) is 31.2. The van der Waals surface area contributed by atoms with Crippen LogP contribution in [0.3, 0.4) is 0 Å². The molecule has 1 amide bonds. The molecule has 0 atom stereocenters.